The van der Waals surface area contributed by atoms with Gasteiger partial charge >= 0.3 is 0 Å². The van der Waals surface area contributed by atoms with E-state index in [4.69, 9.17) is 0 Å². The van der Waals surface area contributed by atoms with Crippen molar-refractivity contribution in [2.45, 2.75) is 52.1 Å². The zero-order valence-corrected chi connectivity index (χ0v) is 11.7. The fraction of sp³-hybridized carbons (Fsp3) is 0.625. The van der Waals surface area contributed by atoms with E-state index in [0.717, 1.165) is 11.5 Å². The van der Waals surface area contributed by atoms with Crippen molar-refractivity contribution in [3.8, 4) is 0 Å². The summed E-state index contributed by atoms with van der Waals surface area (Å²) in [6.07, 6.45) is 1.33. The van der Waals surface area contributed by atoms with Gasteiger partial charge in [-0.05, 0) is 42.7 Å². The summed E-state index contributed by atoms with van der Waals surface area (Å²) in [6.45, 7) is 5.27. The van der Waals surface area contributed by atoms with Crippen molar-refractivity contribution in [2.75, 3.05) is 0 Å². The van der Waals surface area contributed by atoms with Crippen LogP contribution < -0.4 is 5.32 Å². The van der Waals surface area contributed by atoms with Gasteiger partial charge in [0.25, 0.3) is 6.43 Å². The van der Waals surface area contributed by atoms with Crippen molar-refractivity contribution in [3.63, 3.8) is 0 Å². The van der Waals surface area contributed by atoms with Crippen LogP contribution >= 0.6 is 0 Å². The van der Waals surface area contributed by atoms with Crippen molar-refractivity contribution in [3.05, 3.63) is 35.4 Å². The second kappa shape index (κ2) is 6.47. The summed E-state index contributed by atoms with van der Waals surface area (Å²) in [5.74, 6) is 1.48. The fourth-order valence-electron chi connectivity index (χ4n) is 3.06. The number of alkyl halides is 2. The van der Waals surface area contributed by atoms with Crippen LogP contribution in [0.1, 0.15) is 50.7 Å². The average molecular weight is 267 g/mol. The molecule has 1 aliphatic carbocycles. The molecule has 3 unspecified atom stereocenters. The van der Waals surface area contributed by atoms with E-state index in [2.05, 4.69) is 19.2 Å². The molecule has 0 amide bonds. The van der Waals surface area contributed by atoms with Gasteiger partial charge in [0.05, 0.1) is 0 Å². The third-order valence-electron chi connectivity index (χ3n) is 4.20. The number of halogens is 2. The average Bonchev–Trinajstić information content (AvgIpc) is 2.38. The minimum atomic E-state index is -2.38. The van der Waals surface area contributed by atoms with Crippen LogP contribution in [-0.2, 0) is 6.54 Å². The van der Waals surface area contributed by atoms with E-state index in [1.54, 1.807) is 12.1 Å². The van der Waals surface area contributed by atoms with Crippen LogP contribution in [0.15, 0.2) is 24.3 Å². The van der Waals surface area contributed by atoms with E-state index in [0.29, 0.717) is 18.5 Å². The number of rotatable bonds is 4. The smallest absolute Gasteiger partial charge is 0.263 e. The van der Waals surface area contributed by atoms with Gasteiger partial charge in [0.2, 0.25) is 0 Å². The first kappa shape index (κ1) is 14.4. The number of nitrogens with one attached hydrogen (secondary N) is 1. The number of benzene rings is 1. The third-order valence-corrected chi connectivity index (χ3v) is 4.20. The molecule has 1 N–H and O–H groups in total. The van der Waals surface area contributed by atoms with Crippen molar-refractivity contribution < 1.29 is 8.78 Å². The highest BCUT2D eigenvalue weighted by molar-refractivity contribution is 5.24. The first-order valence-corrected chi connectivity index (χ1v) is 7.16. The van der Waals surface area contributed by atoms with Gasteiger partial charge in [0.1, 0.15) is 0 Å². The van der Waals surface area contributed by atoms with Gasteiger partial charge in [-0.3, -0.25) is 0 Å². The summed E-state index contributed by atoms with van der Waals surface area (Å²) in [7, 11) is 0. The minimum absolute atomic E-state index is 0.115. The Bertz CT molecular complexity index is 405. The lowest BCUT2D eigenvalue weighted by atomic mass is 9.80. The Kier molecular flexibility index (Phi) is 4.92. The predicted octanol–water partition coefficient (Wildman–Crippen LogP) is 4.54. The van der Waals surface area contributed by atoms with E-state index in [-0.39, 0.29) is 5.56 Å². The number of hydrogen-bond acceptors (Lipinski definition) is 1. The first-order chi connectivity index (χ1) is 9.06. The lowest BCUT2D eigenvalue weighted by Crippen LogP contribution is -2.38. The molecule has 0 radical (unpaired) electrons. The third kappa shape index (κ3) is 4.00. The normalized spacial score (nSPS) is 27.7. The van der Waals surface area contributed by atoms with E-state index in [9.17, 15) is 8.78 Å². The largest absolute Gasteiger partial charge is 0.310 e. The Morgan fingerprint density at radius 2 is 2.05 bits per heavy atom. The molecule has 0 bridgehead atoms. The number of hydrogen-bond donors (Lipinski definition) is 1. The molecule has 1 aromatic rings. The van der Waals surface area contributed by atoms with Crippen LogP contribution in [0, 0.1) is 11.8 Å². The summed E-state index contributed by atoms with van der Waals surface area (Å²) in [5.41, 5.74) is 1.06. The fourth-order valence-corrected chi connectivity index (χ4v) is 3.06. The van der Waals surface area contributed by atoms with E-state index >= 15 is 0 Å². The lowest BCUT2D eigenvalue weighted by molar-refractivity contribution is 0.151. The van der Waals surface area contributed by atoms with Gasteiger partial charge in [-0.1, -0.05) is 32.0 Å². The molecule has 1 nitrogen and oxygen atoms in total. The Morgan fingerprint density at radius 1 is 1.26 bits per heavy atom. The summed E-state index contributed by atoms with van der Waals surface area (Å²) in [6, 6.07) is 7.23. The molecule has 0 aromatic heterocycles. The molecule has 0 aliphatic heterocycles. The molecule has 1 aromatic carbocycles. The summed E-state index contributed by atoms with van der Waals surface area (Å²) < 4.78 is 25.3. The molecular formula is C16H23F2N. The lowest BCUT2D eigenvalue weighted by Gasteiger charge is -2.33. The van der Waals surface area contributed by atoms with Crippen molar-refractivity contribution >= 4 is 0 Å². The van der Waals surface area contributed by atoms with Gasteiger partial charge in [0.15, 0.2) is 0 Å². The van der Waals surface area contributed by atoms with Crippen LogP contribution in [0.2, 0.25) is 0 Å². The predicted molar refractivity (Wildman–Crippen MR) is 74.2 cm³/mol. The van der Waals surface area contributed by atoms with Gasteiger partial charge in [-0.15, -0.1) is 0 Å². The second-order valence-corrected chi connectivity index (χ2v) is 5.93. The van der Waals surface area contributed by atoms with Crippen LogP contribution in [0.25, 0.3) is 0 Å². The first-order valence-electron chi connectivity index (χ1n) is 7.16. The minimum Gasteiger partial charge on any atom is -0.310 e. The standard InChI is InChI=1S/C16H23F2N/c1-11-6-7-15(12(2)8-11)19-10-13-4-3-5-14(9-13)16(17)18/h3-5,9,11-12,15-16,19H,6-8,10H2,1-2H3. The maximum absolute atomic E-state index is 12.6. The highest BCUT2D eigenvalue weighted by Gasteiger charge is 2.24. The molecule has 2 rings (SSSR count). The summed E-state index contributed by atoms with van der Waals surface area (Å²) in [4.78, 5) is 0. The van der Waals surface area contributed by atoms with Crippen LogP contribution in [0.5, 0.6) is 0 Å². The molecule has 3 atom stereocenters. The molecule has 106 valence electrons. The molecule has 0 saturated heterocycles. The Balaban J connectivity index is 1.90. The zero-order valence-electron chi connectivity index (χ0n) is 11.7. The van der Waals surface area contributed by atoms with Crippen molar-refractivity contribution in [1.82, 2.24) is 5.32 Å². The molecular weight excluding hydrogens is 244 g/mol. The Hall–Kier alpha value is -0.960. The van der Waals surface area contributed by atoms with Gasteiger partial charge < -0.3 is 5.32 Å². The molecule has 19 heavy (non-hydrogen) atoms. The monoisotopic (exact) mass is 267 g/mol. The van der Waals surface area contributed by atoms with Crippen LogP contribution in [0.3, 0.4) is 0 Å². The van der Waals surface area contributed by atoms with Gasteiger partial charge in [-0.25, -0.2) is 8.78 Å². The maximum Gasteiger partial charge on any atom is 0.263 e. The van der Waals surface area contributed by atoms with Crippen LogP contribution in [-0.4, -0.2) is 6.04 Å². The Labute approximate surface area is 114 Å². The summed E-state index contributed by atoms with van der Waals surface area (Å²) >= 11 is 0. The highest BCUT2D eigenvalue weighted by Crippen LogP contribution is 2.29. The summed E-state index contributed by atoms with van der Waals surface area (Å²) in [5, 5.41) is 3.53. The Morgan fingerprint density at radius 3 is 2.74 bits per heavy atom. The van der Waals surface area contributed by atoms with Crippen molar-refractivity contribution in [1.29, 1.82) is 0 Å². The molecule has 3 heteroatoms. The van der Waals surface area contributed by atoms with Crippen LogP contribution in [0.4, 0.5) is 8.78 Å². The van der Waals surface area contributed by atoms with E-state index < -0.39 is 6.43 Å². The zero-order chi connectivity index (χ0) is 13.8. The molecule has 1 fully saturated rings. The van der Waals surface area contributed by atoms with Gasteiger partial charge in [-0.2, -0.15) is 0 Å². The topological polar surface area (TPSA) is 12.0 Å². The van der Waals surface area contributed by atoms with Gasteiger partial charge in [0, 0.05) is 18.2 Å². The van der Waals surface area contributed by atoms with Crippen molar-refractivity contribution in [2.24, 2.45) is 11.8 Å². The SMILES string of the molecule is CC1CCC(NCc2cccc(C(F)F)c2)C(C)C1. The molecule has 0 spiro atoms. The second-order valence-electron chi connectivity index (χ2n) is 5.93. The highest BCUT2D eigenvalue weighted by atomic mass is 19.3. The molecule has 0 heterocycles. The maximum atomic E-state index is 12.6. The van der Waals surface area contributed by atoms with E-state index in [1.807, 2.05) is 6.07 Å². The molecule has 1 aliphatic rings. The quantitative estimate of drug-likeness (QED) is 0.844. The molecule has 1 saturated carbocycles. The van der Waals surface area contributed by atoms with E-state index in [1.165, 1.54) is 25.3 Å².